The largest absolute Gasteiger partial charge is 0.313 e. The summed E-state index contributed by atoms with van der Waals surface area (Å²) in [5.41, 5.74) is 1.46. The van der Waals surface area contributed by atoms with E-state index in [1.165, 1.54) is 0 Å². The van der Waals surface area contributed by atoms with Crippen molar-refractivity contribution in [1.82, 2.24) is 5.32 Å². The van der Waals surface area contributed by atoms with E-state index in [0.29, 0.717) is 5.69 Å². The summed E-state index contributed by atoms with van der Waals surface area (Å²) in [6.07, 6.45) is 0. The van der Waals surface area contributed by atoms with Crippen molar-refractivity contribution in [3.05, 3.63) is 29.8 Å². The molecular weight excluding hydrogens is 214 g/mol. The minimum Gasteiger partial charge on any atom is -0.313 e. The van der Waals surface area contributed by atoms with Gasteiger partial charge in [0.2, 0.25) is 0 Å². The number of hydrogen-bond acceptors (Lipinski definition) is 3. The molecule has 0 spiro atoms. The van der Waals surface area contributed by atoms with Gasteiger partial charge in [0.15, 0.2) is 0 Å². The van der Waals surface area contributed by atoms with Crippen LogP contribution in [-0.2, 0) is 10.2 Å². The first-order valence-electron chi connectivity index (χ1n) is 4.50. The van der Waals surface area contributed by atoms with Crippen LogP contribution in [0, 0.1) is 0 Å². The molecule has 0 aliphatic heterocycles. The van der Waals surface area contributed by atoms with E-state index in [9.17, 15) is 8.42 Å². The van der Waals surface area contributed by atoms with Gasteiger partial charge >= 0.3 is 0 Å². The standard InChI is InChI=1S/C9H15N3O2S/c1-7(11-2)8-4-3-5-9(6-8)12-15(10,13)14/h3-7,11-12H,1-2H3,(H2,10,13,14). The van der Waals surface area contributed by atoms with E-state index in [4.69, 9.17) is 5.14 Å². The molecule has 4 N–H and O–H groups in total. The third-order valence-corrected chi connectivity index (χ3v) is 2.60. The van der Waals surface area contributed by atoms with Crippen LogP contribution in [0.15, 0.2) is 24.3 Å². The lowest BCUT2D eigenvalue weighted by atomic mass is 10.1. The quantitative estimate of drug-likeness (QED) is 0.706. The van der Waals surface area contributed by atoms with Crippen molar-refractivity contribution < 1.29 is 8.42 Å². The second-order valence-electron chi connectivity index (χ2n) is 3.28. The van der Waals surface area contributed by atoms with Gasteiger partial charge in [-0.1, -0.05) is 12.1 Å². The lowest BCUT2D eigenvalue weighted by Gasteiger charge is -2.12. The van der Waals surface area contributed by atoms with E-state index in [-0.39, 0.29) is 6.04 Å². The maximum Gasteiger partial charge on any atom is 0.296 e. The van der Waals surface area contributed by atoms with E-state index in [1.807, 2.05) is 20.0 Å². The maximum atomic E-state index is 10.8. The molecule has 0 fully saturated rings. The first-order chi connectivity index (χ1) is 6.92. The molecule has 0 heterocycles. The van der Waals surface area contributed by atoms with Gasteiger partial charge < -0.3 is 5.32 Å². The van der Waals surface area contributed by atoms with Gasteiger partial charge in [-0.2, -0.15) is 8.42 Å². The summed E-state index contributed by atoms with van der Waals surface area (Å²) in [6.45, 7) is 1.98. The highest BCUT2D eigenvalue weighted by molar-refractivity contribution is 7.90. The number of rotatable bonds is 4. The van der Waals surface area contributed by atoms with Gasteiger partial charge in [-0.15, -0.1) is 0 Å². The first-order valence-corrected chi connectivity index (χ1v) is 6.05. The molecule has 1 rings (SSSR count). The lowest BCUT2D eigenvalue weighted by molar-refractivity contribution is 0.603. The maximum absolute atomic E-state index is 10.8. The number of hydrogen-bond donors (Lipinski definition) is 3. The second-order valence-corrected chi connectivity index (χ2v) is 4.58. The molecule has 0 amide bonds. The monoisotopic (exact) mass is 229 g/mol. The molecule has 0 aliphatic carbocycles. The number of benzene rings is 1. The lowest BCUT2D eigenvalue weighted by Crippen LogP contribution is -2.22. The molecule has 5 nitrogen and oxygen atoms in total. The third-order valence-electron chi connectivity index (χ3n) is 2.08. The molecule has 1 atom stereocenters. The van der Waals surface area contributed by atoms with E-state index in [1.54, 1.807) is 18.2 Å². The van der Waals surface area contributed by atoms with E-state index >= 15 is 0 Å². The van der Waals surface area contributed by atoms with Crippen molar-refractivity contribution in [3.63, 3.8) is 0 Å². The predicted octanol–water partition coefficient (Wildman–Crippen LogP) is 0.582. The fourth-order valence-corrected chi connectivity index (χ4v) is 1.66. The van der Waals surface area contributed by atoms with Crippen LogP contribution in [0.4, 0.5) is 5.69 Å². The summed E-state index contributed by atoms with van der Waals surface area (Å²) in [6, 6.07) is 7.24. The SMILES string of the molecule is CNC(C)c1cccc(NS(N)(=O)=O)c1. The Bertz CT molecular complexity index is 431. The topological polar surface area (TPSA) is 84.2 Å². The van der Waals surface area contributed by atoms with Crippen molar-refractivity contribution in [2.75, 3.05) is 11.8 Å². The molecule has 15 heavy (non-hydrogen) atoms. The van der Waals surface area contributed by atoms with Gasteiger partial charge in [0.25, 0.3) is 10.2 Å². The Kier molecular flexibility index (Phi) is 3.67. The summed E-state index contributed by atoms with van der Waals surface area (Å²) in [5, 5.41) is 7.93. The summed E-state index contributed by atoms with van der Waals surface area (Å²) in [4.78, 5) is 0. The predicted molar refractivity (Wildman–Crippen MR) is 60.6 cm³/mol. The average molecular weight is 229 g/mol. The van der Waals surface area contributed by atoms with Crippen molar-refractivity contribution in [1.29, 1.82) is 0 Å². The highest BCUT2D eigenvalue weighted by atomic mass is 32.2. The van der Waals surface area contributed by atoms with E-state index in [2.05, 4.69) is 10.0 Å². The highest BCUT2D eigenvalue weighted by Crippen LogP contribution is 2.17. The normalized spacial score (nSPS) is 13.5. The van der Waals surface area contributed by atoms with E-state index in [0.717, 1.165) is 5.56 Å². The Morgan fingerprint density at radius 1 is 1.40 bits per heavy atom. The Morgan fingerprint density at radius 3 is 2.60 bits per heavy atom. The average Bonchev–Trinajstić information content (AvgIpc) is 2.14. The zero-order valence-corrected chi connectivity index (χ0v) is 9.51. The van der Waals surface area contributed by atoms with Crippen molar-refractivity contribution >= 4 is 15.9 Å². The number of nitrogens with two attached hydrogens (primary N) is 1. The molecule has 1 aromatic rings. The van der Waals surface area contributed by atoms with Crippen molar-refractivity contribution in [2.45, 2.75) is 13.0 Å². The number of nitrogens with one attached hydrogen (secondary N) is 2. The molecule has 6 heteroatoms. The van der Waals surface area contributed by atoms with Gasteiger partial charge in [0.1, 0.15) is 0 Å². The van der Waals surface area contributed by atoms with Gasteiger partial charge in [-0.05, 0) is 31.7 Å². The van der Waals surface area contributed by atoms with Crippen LogP contribution in [0.5, 0.6) is 0 Å². The molecule has 0 saturated carbocycles. The second kappa shape index (κ2) is 4.61. The molecule has 1 unspecified atom stereocenters. The fourth-order valence-electron chi connectivity index (χ4n) is 1.20. The molecule has 0 radical (unpaired) electrons. The highest BCUT2D eigenvalue weighted by Gasteiger charge is 2.05. The van der Waals surface area contributed by atoms with Crippen LogP contribution >= 0.6 is 0 Å². The Hall–Kier alpha value is -1.11. The Labute approximate surface area is 89.9 Å². The van der Waals surface area contributed by atoms with Gasteiger partial charge in [-0.25, -0.2) is 5.14 Å². The molecule has 0 saturated heterocycles. The molecule has 84 valence electrons. The molecule has 0 aliphatic rings. The van der Waals surface area contributed by atoms with Crippen molar-refractivity contribution in [3.8, 4) is 0 Å². The first kappa shape index (κ1) is 12.0. The van der Waals surface area contributed by atoms with Crippen LogP contribution in [0.3, 0.4) is 0 Å². The Balaban J connectivity index is 2.93. The summed E-state index contributed by atoms with van der Waals surface area (Å²) in [7, 11) is -1.86. The van der Waals surface area contributed by atoms with Crippen LogP contribution < -0.4 is 15.2 Å². The van der Waals surface area contributed by atoms with Crippen molar-refractivity contribution in [2.24, 2.45) is 5.14 Å². The molecule has 0 aromatic heterocycles. The molecule has 1 aromatic carbocycles. The molecular formula is C9H15N3O2S. The van der Waals surface area contributed by atoms with Crippen LogP contribution in [-0.4, -0.2) is 15.5 Å². The smallest absolute Gasteiger partial charge is 0.296 e. The summed E-state index contributed by atoms with van der Waals surface area (Å²) < 4.78 is 23.8. The zero-order chi connectivity index (χ0) is 11.5. The number of anilines is 1. The summed E-state index contributed by atoms with van der Waals surface area (Å²) in [5.74, 6) is 0. The minimum atomic E-state index is -3.70. The summed E-state index contributed by atoms with van der Waals surface area (Å²) >= 11 is 0. The zero-order valence-electron chi connectivity index (χ0n) is 8.69. The fraction of sp³-hybridized carbons (Fsp3) is 0.333. The third kappa shape index (κ3) is 3.86. The van der Waals surface area contributed by atoms with E-state index < -0.39 is 10.2 Å². The van der Waals surface area contributed by atoms with Crippen LogP contribution in [0.1, 0.15) is 18.5 Å². The Morgan fingerprint density at radius 2 is 2.07 bits per heavy atom. The minimum absolute atomic E-state index is 0.159. The van der Waals surface area contributed by atoms with Gasteiger partial charge in [-0.3, -0.25) is 4.72 Å². The van der Waals surface area contributed by atoms with Crippen LogP contribution in [0.2, 0.25) is 0 Å². The van der Waals surface area contributed by atoms with Gasteiger partial charge in [0, 0.05) is 6.04 Å². The molecule has 0 bridgehead atoms. The van der Waals surface area contributed by atoms with Crippen LogP contribution in [0.25, 0.3) is 0 Å². The van der Waals surface area contributed by atoms with Gasteiger partial charge in [0.05, 0.1) is 5.69 Å².